The molecule has 0 unspecified atom stereocenters. The summed E-state index contributed by atoms with van der Waals surface area (Å²) in [6.45, 7) is 8.74. The maximum atomic E-state index is 5.46. The Morgan fingerprint density at radius 1 is 1.38 bits per heavy atom. The second kappa shape index (κ2) is 6.61. The van der Waals surface area contributed by atoms with Crippen molar-refractivity contribution < 1.29 is 4.74 Å². The van der Waals surface area contributed by atoms with E-state index in [-0.39, 0.29) is 0 Å². The molecule has 0 saturated carbocycles. The van der Waals surface area contributed by atoms with Gasteiger partial charge >= 0.3 is 0 Å². The fourth-order valence-corrected chi connectivity index (χ4v) is 1.87. The van der Waals surface area contributed by atoms with Crippen molar-refractivity contribution in [3.05, 3.63) is 11.6 Å². The average Bonchev–Trinajstić information content (AvgIpc) is 2.04. The lowest BCUT2D eigenvalue weighted by Gasteiger charge is -2.24. The normalized spacial score (nSPS) is 17.6. The van der Waals surface area contributed by atoms with Crippen LogP contribution in [0, 0.1) is 11.8 Å². The van der Waals surface area contributed by atoms with Crippen molar-refractivity contribution in [3.63, 3.8) is 0 Å². The Hall–Kier alpha value is 0.180. The zero-order chi connectivity index (χ0) is 10.4. The zero-order valence-corrected chi connectivity index (χ0v) is 10.9. The number of hydrogen-bond donors (Lipinski definition) is 0. The van der Waals surface area contributed by atoms with Gasteiger partial charge in [-0.2, -0.15) is 0 Å². The van der Waals surface area contributed by atoms with Crippen LogP contribution in [0.4, 0.5) is 0 Å². The summed E-state index contributed by atoms with van der Waals surface area (Å²) < 4.78 is 5.46. The van der Waals surface area contributed by atoms with Gasteiger partial charge in [0.15, 0.2) is 0 Å². The summed E-state index contributed by atoms with van der Waals surface area (Å²) in [7, 11) is 1.79. The van der Waals surface area contributed by atoms with Crippen LogP contribution < -0.4 is 0 Å². The molecule has 0 rings (SSSR count). The Balaban J connectivity index is 4.29. The molecule has 0 heterocycles. The van der Waals surface area contributed by atoms with Gasteiger partial charge in [-0.1, -0.05) is 48.4 Å². The molecule has 0 radical (unpaired) electrons. The van der Waals surface area contributed by atoms with E-state index in [4.69, 9.17) is 4.74 Å². The molecule has 0 aliphatic heterocycles. The Bertz CT molecular complexity index is 163. The minimum absolute atomic E-state index is 0.328. The molecule has 0 aromatic rings. The molecule has 0 aromatic heterocycles. The largest absolute Gasteiger partial charge is 0.381 e. The second-order valence-corrected chi connectivity index (χ2v) is 4.51. The lowest BCUT2D eigenvalue weighted by atomic mass is 9.93. The third-order valence-electron chi connectivity index (χ3n) is 2.21. The molecule has 78 valence electrons. The Morgan fingerprint density at radius 2 is 1.92 bits per heavy atom. The summed E-state index contributed by atoms with van der Waals surface area (Å²) in [4.78, 5) is 0. The van der Waals surface area contributed by atoms with Gasteiger partial charge in [-0.05, 0) is 12.8 Å². The van der Waals surface area contributed by atoms with E-state index in [0.29, 0.717) is 17.9 Å². The number of methoxy groups -OCH3 is 1. The molecule has 13 heavy (non-hydrogen) atoms. The van der Waals surface area contributed by atoms with E-state index in [1.807, 2.05) is 0 Å². The van der Waals surface area contributed by atoms with E-state index in [2.05, 4.69) is 49.7 Å². The molecular formula is C11H21BrO. The quantitative estimate of drug-likeness (QED) is 0.534. The van der Waals surface area contributed by atoms with Gasteiger partial charge in [0.2, 0.25) is 0 Å². The van der Waals surface area contributed by atoms with Crippen molar-refractivity contribution in [2.24, 2.45) is 11.8 Å². The van der Waals surface area contributed by atoms with Crippen LogP contribution in [-0.2, 0) is 4.74 Å². The molecule has 0 aromatic carbocycles. The van der Waals surface area contributed by atoms with E-state index in [1.165, 1.54) is 5.57 Å². The van der Waals surface area contributed by atoms with E-state index in [1.54, 1.807) is 7.11 Å². The highest BCUT2D eigenvalue weighted by Crippen LogP contribution is 2.18. The summed E-state index contributed by atoms with van der Waals surface area (Å²) >= 11 is 3.44. The molecule has 1 nitrogen and oxygen atoms in total. The van der Waals surface area contributed by atoms with Crippen molar-refractivity contribution in [3.8, 4) is 0 Å². The maximum Gasteiger partial charge on any atom is 0.0654 e. The molecule has 0 amide bonds. The van der Waals surface area contributed by atoms with Crippen LogP contribution in [0.15, 0.2) is 11.6 Å². The molecule has 0 aliphatic carbocycles. The van der Waals surface area contributed by atoms with Crippen LogP contribution in [0.25, 0.3) is 0 Å². The van der Waals surface area contributed by atoms with Crippen LogP contribution in [0.2, 0.25) is 0 Å². The topological polar surface area (TPSA) is 9.23 Å². The van der Waals surface area contributed by atoms with Gasteiger partial charge in [0.25, 0.3) is 0 Å². The van der Waals surface area contributed by atoms with Crippen LogP contribution in [-0.4, -0.2) is 18.5 Å². The second-order valence-electron chi connectivity index (χ2n) is 3.95. The Kier molecular flexibility index (Phi) is 6.70. The summed E-state index contributed by atoms with van der Waals surface area (Å²) in [6, 6.07) is 0. The minimum Gasteiger partial charge on any atom is -0.381 e. The van der Waals surface area contributed by atoms with Gasteiger partial charge in [-0.25, -0.2) is 0 Å². The summed E-state index contributed by atoms with van der Waals surface area (Å²) in [5, 5.41) is 0.950. The van der Waals surface area contributed by atoms with Gasteiger partial charge in [-0.3, -0.25) is 0 Å². The van der Waals surface area contributed by atoms with Crippen molar-refractivity contribution in [2.45, 2.75) is 33.8 Å². The summed E-state index contributed by atoms with van der Waals surface area (Å²) in [5.74, 6) is 1.06. The molecular weight excluding hydrogens is 228 g/mol. The van der Waals surface area contributed by atoms with Gasteiger partial charge < -0.3 is 4.74 Å². The highest BCUT2D eigenvalue weighted by atomic mass is 79.9. The van der Waals surface area contributed by atoms with Crippen molar-refractivity contribution >= 4 is 15.9 Å². The lowest BCUT2D eigenvalue weighted by molar-refractivity contribution is 0.0377. The fourth-order valence-electron chi connectivity index (χ4n) is 1.68. The number of halogens is 1. The molecule has 0 spiro atoms. The molecule has 0 aliphatic rings. The van der Waals surface area contributed by atoms with Gasteiger partial charge in [0, 0.05) is 18.4 Å². The van der Waals surface area contributed by atoms with E-state index in [0.717, 1.165) is 5.33 Å². The predicted molar refractivity (Wildman–Crippen MR) is 62.4 cm³/mol. The maximum absolute atomic E-state index is 5.46. The zero-order valence-electron chi connectivity index (χ0n) is 9.30. The van der Waals surface area contributed by atoms with Crippen LogP contribution in [0.3, 0.4) is 0 Å². The lowest BCUT2D eigenvalue weighted by Crippen LogP contribution is -2.25. The van der Waals surface area contributed by atoms with Crippen molar-refractivity contribution in [2.75, 3.05) is 12.4 Å². The van der Waals surface area contributed by atoms with E-state index < -0.39 is 0 Å². The monoisotopic (exact) mass is 248 g/mol. The summed E-state index contributed by atoms with van der Waals surface area (Å²) in [5.41, 5.74) is 1.37. The van der Waals surface area contributed by atoms with Gasteiger partial charge in [0.1, 0.15) is 0 Å². The first-order chi connectivity index (χ1) is 6.02. The highest BCUT2D eigenvalue weighted by Gasteiger charge is 2.18. The number of rotatable bonds is 5. The first kappa shape index (κ1) is 13.2. The fraction of sp³-hybridized carbons (Fsp3) is 0.818. The number of allylic oxidation sites excluding steroid dienone is 1. The summed E-state index contributed by atoms with van der Waals surface area (Å²) in [6.07, 6.45) is 2.61. The van der Waals surface area contributed by atoms with Gasteiger partial charge in [0.05, 0.1) is 6.10 Å². The van der Waals surface area contributed by atoms with Crippen molar-refractivity contribution in [1.82, 2.24) is 0 Å². The van der Waals surface area contributed by atoms with E-state index >= 15 is 0 Å². The van der Waals surface area contributed by atoms with Crippen LogP contribution >= 0.6 is 15.9 Å². The number of hydrogen-bond acceptors (Lipinski definition) is 1. The third-order valence-corrected chi connectivity index (χ3v) is 3.09. The first-order valence-corrected chi connectivity index (χ1v) is 5.91. The van der Waals surface area contributed by atoms with E-state index in [9.17, 15) is 0 Å². The SMILES string of the molecule is CO[C@@H](C(C)C)[C@H](C)/C=C(\C)CBr. The highest BCUT2D eigenvalue weighted by molar-refractivity contribution is 9.09. The Morgan fingerprint density at radius 3 is 2.23 bits per heavy atom. The standard InChI is InChI=1S/C11H21BrO/c1-8(2)11(13-5)10(4)6-9(3)7-12/h6,8,10-11H,7H2,1-5H3/b9-6+/t10-,11+/m1/s1. The number of ether oxygens (including phenoxy) is 1. The molecule has 2 heteroatoms. The molecule has 0 bridgehead atoms. The van der Waals surface area contributed by atoms with Crippen molar-refractivity contribution in [1.29, 1.82) is 0 Å². The van der Waals surface area contributed by atoms with Crippen LogP contribution in [0.1, 0.15) is 27.7 Å². The first-order valence-electron chi connectivity index (χ1n) is 4.79. The third kappa shape index (κ3) is 4.82. The number of alkyl halides is 1. The molecule has 0 fully saturated rings. The predicted octanol–water partition coefficient (Wildman–Crippen LogP) is 3.63. The molecule has 2 atom stereocenters. The smallest absolute Gasteiger partial charge is 0.0654 e. The molecule has 0 N–H and O–H groups in total. The van der Waals surface area contributed by atoms with Gasteiger partial charge in [-0.15, -0.1) is 0 Å². The average molecular weight is 249 g/mol. The Labute approximate surface area is 90.7 Å². The molecule has 0 saturated heterocycles. The minimum atomic E-state index is 0.328. The van der Waals surface area contributed by atoms with Crippen LogP contribution in [0.5, 0.6) is 0 Å².